The molecule has 1 aromatic rings. The van der Waals surface area contributed by atoms with E-state index in [1.165, 1.54) is 19.3 Å². The number of carbonyl (C=O) groups is 1. The van der Waals surface area contributed by atoms with Gasteiger partial charge in [0.25, 0.3) is 0 Å². The summed E-state index contributed by atoms with van der Waals surface area (Å²) in [5, 5.41) is 0. The molecule has 0 spiro atoms. The van der Waals surface area contributed by atoms with Crippen molar-refractivity contribution in [2.45, 2.75) is 58.8 Å². The largest absolute Gasteiger partial charge is 0.482 e. The second-order valence-electron chi connectivity index (χ2n) is 6.47. The van der Waals surface area contributed by atoms with Gasteiger partial charge in [-0.25, -0.2) is 17.9 Å². The summed E-state index contributed by atoms with van der Waals surface area (Å²) >= 11 is 0. The third-order valence-electron chi connectivity index (χ3n) is 4.09. The Kier molecular flexibility index (Phi) is 11.8. The number of hydrogen-bond donors (Lipinski definition) is 1. The maximum atomic E-state index is 12.0. The molecular weight excluding hydrogens is 366 g/mol. The lowest BCUT2D eigenvalue weighted by Crippen LogP contribution is -2.28. The van der Waals surface area contributed by atoms with Gasteiger partial charge in [-0.3, -0.25) is 0 Å². The first-order valence-electron chi connectivity index (χ1n) is 9.81. The van der Waals surface area contributed by atoms with Gasteiger partial charge in [0.1, 0.15) is 5.75 Å². The van der Waals surface area contributed by atoms with E-state index in [4.69, 9.17) is 9.47 Å². The Morgan fingerprint density at radius 2 is 1.67 bits per heavy atom. The molecule has 1 rings (SSSR count). The minimum atomic E-state index is -3.20. The lowest BCUT2D eigenvalue weighted by Gasteiger charge is -2.08. The van der Waals surface area contributed by atoms with Crippen molar-refractivity contribution in [2.24, 2.45) is 0 Å². The zero-order valence-electron chi connectivity index (χ0n) is 16.5. The molecule has 0 saturated heterocycles. The van der Waals surface area contributed by atoms with Gasteiger partial charge in [-0.05, 0) is 37.5 Å². The summed E-state index contributed by atoms with van der Waals surface area (Å²) in [6, 6.07) is 7.25. The number of unbranched alkanes of at least 4 members (excludes halogenated alkanes) is 5. The highest BCUT2D eigenvalue weighted by atomic mass is 32.2. The van der Waals surface area contributed by atoms with Crippen LogP contribution in [0, 0.1) is 0 Å². The van der Waals surface area contributed by atoms with Crippen LogP contribution in [0.5, 0.6) is 5.75 Å². The number of esters is 1. The summed E-state index contributed by atoms with van der Waals surface area (Å²) in [4.78, 5) is 11.2. The molecule has 0 radical (unpaired) electrons. The first-order valence-corrected chi connectivity index (χ1v) is 11.5. The van der Waals surface area contributed by atoms with E-state index in [2.05, 4.69) is 11.6 Å². The maximum absolute atomic E-state index is 12.0. The first-order chi connectivity index (χ1) is 13.0. The SMILES string of the molecule is CCCCCCCCS(=O)(=O)NCCc1ccc(OCC(=O)OCC)cc1. The fourth-order valence-corrected chi connectivity index (χ4v) is 3.73. The molecule has 0 atom stereocenters. The predicted molar refractivity (Wildman–Crippen MR) is 107 cm³/mol. The Bertz CT molecular complexity index is 628. The van der Waals surface area contributed by atoms with Gasteiger partial charge in [-0.15, -0.1) is 0 Å². The molecule has 0 aromatic heterocycles. The molecule has 27 heavy (non-hydrogen) atoms. The number of benzene rings is 1. The molecule has 7 heteroatoms. The lowest BCUT2D eigenvalue weighted by molar-refractivity contribution is -0.145. The molecule has 1 N–H and O–H groups in total. The highest BCUT2D eigenvalue weighted by Gasteiger charge is 2.09. The fraction of sp³-hybridized carbons (Fsp3) is 0.650. The summed E-state index contributed by atoms with van der Waals surface area (Å²) in [5.41, 5.74) is 1.00. The summed E-state index contributed by atoms with van der Waals surface area (Å²) in [5.74, 6) is 0.372. The van der Waals surface area contributed by atoms with Crippen molar-refractivity contribution in [1.29, 1.82) is 0 Å². The van der Waals surface area contributed by atoms with Gasteiger partial charge in [0.05, 0.1) is 12.4 Å². The lowest BCUT2D eigenvalue weighted by atomic mass is 10.1. The van der Waals surface area contributed by atoms with Crippen LogP contribution >= 0.6 is 0 Å². The summed E-state index contributed by atoms with van der Waals surface area (Å²) in [6.45, 7) is 4.50. The van der Waals surface area contributed by atoms with E-state index in [1.54, 1.807) is 19.1 Å². The number of sulfonamides is 1. The Labute approximate surface area is 163 Å². The van der Waals surface area contributed by atoms with Gasteiger partial charge < -0.3 is 9.47 Å². The van der Waals surface area contributed by atoms with E-state index >= 15 is 0 Å². The normalized spacial score (nSPS) is 11.3. The van der Waals surface area contributed by atoms with Crippen molar-refractivity contribution >= 4 is 16.0 Å². The van der Waals surface area contributed by atoms with Crippen LogP contribution in [-0.4, -0.2) is 39.9 Å². The molecule has 6 nitrogen and oxygen atoms in total. The number of hydrogen-bond acceptors (Lipinski definition) is 5. The summed E-state index contributed by atoms with van der Waals surface area (Å²) in [7, 11) is -3.20. The van der Waals surface area contributed by atoms with E-state index in [1.807, 2.05) is 12.1 Å². The Morgan fingerprint density at radius 3 is 2.33 bits per heavy atom. The number of nitrogens with one attached hydrogen (secondary N) is 1. The molecule has 0 heterocycles. The van der Waals surface area contributed by atoms with Crippen molar-refractivity contribution in [3.05, 3.63) is 29.8 Å². The van der Waals surface area contributed by atoms with Crippen LogP contribution in [0.25, 0.3) is 0 Å². The van der Waals surface area contributed by atoms with Crippen molar-refractivity contribution in [3.63, 3.8) is 0 Å². The zero-order chi connectivity index (χ0) is 20.0. The third kappa shape index (κ3) is 11.7. The van der Waals surface area contributed by atoms with Gasteiger partial charge in [-0.1, -0.05) is 51.2 Å². The van der Waals surface area contributed by atoms with Crippen molar-refractivity contribution in [1.82, 2.24) is 4.72 Å². The maximum Gasteiger partial charge on any atom is 0.344 e. The minimum absolute atomic E-state index is 0.120. The Balaban J connectivity index is 2.23. The second-order valence-corrected chi connectivity index (χ2v) is 8.40. The number of ether oxygens (including phenoxy) is 2. The van der Waals surface area contributed by atoms with E-state index in [0.29, 0.717) is 31.7 Å². The molecule has 0 aliphatic rings. The van der Waals surface area contributed by atoms with Crippen LogP contribution in [0.3, 0.4) is 0 Å². The molecule has 0 aliphatic heterocycles. The minimum Gasteiger partial charge on any atom is -0.482 e. The number of rotatable bonds is 15. The van der Waals surface area contributed by atoms with Gasteiger partial charge in [-0.2, -0.15) is 0 Å². The average Bonchev–Trinajstić information content (AvgIpc) is 2.64. The Hall–Kier alpha value is -1.60. The van der Waals surface area contributed by atoms with Crippen molar-refractivity contribution < 1.29 is 22.7 Å². The Morgan fingerprint density at radius 1 is 1.00 bits per heavy atom. The molecule has 0 amide bonds. The molecule has 0 aliphatic carbocycles. The van der Waals surface area contributed by atoms with Gasteiger partial charge in [0.15, 0.2) is 6.61 Å². The quantitative estimate of drug-likeness (QED) is 0.361. The molecule has 0 bridgehead atoms. The summed E-state index contributed by atoms with van der Waals surface area (Å²) in [6.07, 6.45) is 6.99. The molecule has 1 aromatic carbocycles. The van der Waals surface area contributed by atoms with E-state index in [-0.39, 0.29) is 12.4 Å². The van der Waals surface area contributed by atoms with Crippen LogP contribution in [0.4, 0.5) is 0 Å². The van der Waals surface area contributed by atoms with E-state index in [0.717, 1.165) is 18.4 Å². The molecule has 0 saturated carbocycles. The zero-order valence-corrected chi connectivity index (χ0v) is 17.4. The highest BCUT2D eigenvalue weighted by molar-refractivity contribution is 7.89. The smallest absolute Gasteiger partial charge is 0.344 e. The average molecular weight is 400 g/mol. The van der Waals surface area contributed by atoms with E-state index in [9.17, 15) is 13.2 Å². The topological polar surface area (TPSA) is 81.7 Å². The summed E-state index contributed by atoms with van der Waals surface area (Å²) < 4.78 is 36.8. The fourth-order valence-electron chi connectivity index (χ4n) is 2.59. The van der Waals surface area contributed by atoms with Crippen molar-refractivity contribution in [2.75, 3.05) is 25.5 Å². The highest BCUT2D eigenvalue weighted by Crippen LogP contribution is 2.12. The van der Waals surface area contributed by atoms with Crippen LogP contribution < -0.4 is 9.46 Å². The predicted octanol–water partition coefficient (Wildman–Crippen LogP) is 3.45. The van der Waals surface area contributed by atoms with Gasteiger partial charge >= 0.3 is 5.97 Å². The molecule has 154 valence electrons. The monoisotopic (exact) mass is 399 g/mol. The molecular formula is C20H33NO5S. The molecule has 0 fully saturated rings. The van der Waals surface area contributed by atoms with Crippen LogP contribution in [0.1, 0.15) is 57.9 Å². The van der Waals surface area contributed by atoms with Crippen molar-refractivity contribution in [3.8, 4) is 5.75 Å². The van der Waals surface area contributed by atoms with Crippen LogP contribution in [-0.2, 0) is 26.0 Å². The van der Waals surface area contributed by atoms with Gasteiger partial charge in [0.2, 0.25) is 10.0 Å². The van der Waals surface area contributed by atoms with Crippen LogP contribution in [0.15, 0.2) is 24.3 Å². The number of carbonyl (C=O) groups excluding carboxylic acids is 1. The van der Waals surface area contributed by atoms with Crippen LogP contribution in [0.2, 0.25) is 0 Å². The van der Waals surface area contributed by atoms with E-state index < -0.39 is 16.0 Å². The van der Waals surface area contributed by atoms with Gasteiger partial charge in [0, 0.05) is 6.54 Å². The molecule has 0 unspecified atom stereocenters. The third-order valence-corrected chi connectivity index (χ3v) is 5.56. The first kappa shape index (κ1) is 23.4. The second kappa shape index (κ2) is 13.6. The standard InChI is InChI=1S/C20H33NO5S/c1-3-5-6-7-8-9-16-27(23,24)21-15-14-18-10-12-19(13-11-18)26-17-20(22)25-4-2/h10-13,21H,3-9,14-17H2,1-2H3.